The molecule has 1 saturated carbocycles. The number of fused-ring (bicyclic) bond motifs is 1. The fourth-order valence-electron chi connectivity index (χ4n) is 3.68. The molecule has 2 aromatic heterocycles. The van der Waals surface area contributed by atoms with Crippen LogP contribution in [0.5, 0.6) is 0 Å². The summed E-state index contributed by atoms with van der Waals surface area (Å²) in [6.45, 7) is 2.30. The highest BCUT2D eigenvalue weighted by molar-refractivity contribution is 5.55. The Kier molecular flexibility index (Phi) is 4.03. The molecule has 0 amide bonds. The van der Waals surface area contributed by atoms with E-state index in [1.165, 1.54) is 37.7 Å². The molecule has 0 radical (unpaired) electrons. The van der Waals surface area contributed by atoms with Crippen LogP contribution in [0.4, 0.5) is 0 Å². The van der Waals surface area contributed by atoms with Crippen molar-refractivity contribution >= 4 is 5.52 Å². The van der Waals surface area contributed by atoms with Gasteiger partial charge in [0, 0.05) is 11.8 Å². The molecule has 0 saturated heterocycles. The molecule has 1 aliphatic rings. The predicted molar refractivity (Wildman–Crippen MR) is 81.0 cm³/mol. The van der Waals surface area contributed by atoms with Crippen LogP contribution in [0.3, 0.4) is 0 Å². The van der Waals surface area contributed by atoms with Crippen molar-refractivity contribution < 1.29 is 0 Å². The van der Waals surface area contributed by atoms with Crippen molar-refractivity contribution in [3.8, 4) is 0 Å². The largest absolute Gasteiger partial charge is 0.271 e. The maximum absolute atomic E-state index is 5.89. The van der Waals surface area contributed by atoms with Gasteiger partial charge < -0.3 is 0 Å². The van der Waals surface area contributed by atoms with E-state index in [1.807, 2.05) is 23.0 Å². The molecule has 2 heterocycles. The van der Waals surface area contributed by atoms with Crippen LogP contribution in [0.2, 0.25) is 0 Å². The summed E-state index contributed by atoms with van der Waals surface area (Å²) in [5.74, 6) is 7.36. The van der Waals surface area contributed by atoms with Gasteiger partial charge in [-0.25, -0.2) is 4.52 Å². The molecule has 1 aliphatic carbocycles. The summed E-state index contributed by atoms with van der Waals surface area (Å²) in [6, 6.07) is 6.39. The van der Waals surface area contributed by atoms with Gasteiger partial charge in [-0.1, -0.05) is 32.3 Å². The summed E-state index contributed by atoms with van der Waals surface area (Å²) in [4.78, 5) is 0. The van der Waals surface area contributed by atoms with E-state index in [-0.39, 0.29) is 6.04 Å². The van der Waals surface area contributed by atoms with Crippen LogP contribution in [0.1, 0.15) is 50.6 Å². The molecule has 3 rings (SSSR count). The number of aromatic nitrogens is 2. The standard InChI is InChI=1S/C16H24N4/c1-2-12-6-5-7-13(10-12)16(19-17)14-11-18-20-9-4-3-8-15(14)20/h3-4,8-9,11-13,16,19H,2,5-7,10,17H2,1H3. The first-order valence-electron chi connectivity index (χ1n) is 7.72. The lowest BCUT2D eigenvalue weighted by molar-refractivity contribution is 0.210. The molecule has 0 aromatic carbocycles. The minimum atomic E-state index is 0.212. The normalized spacial score (nSPS) is 24.9. The highest BCUT2D eigenvalue weighted by Gasteiger charge is 2.29. The maximum atomic E-state index is 5.89. The smallest absolute Gasteiger partial charge is 0.0710 e. The summed E-state index contributed by atoms with van der Waals surface area (Å²) in [6.07, 6.45) is 10.5. The molecule has 2 aromatic rings. The average Bonchev–Trinajstić information content (AvgIpc) is 2.93. The predicted octanol–water partition coefficient (Wildman–Crippen LogP) is 3.06. The molecule has 20 heavy (non-hydrogen) atoms. The van der Waals surface area contributed by atoms with Crippen molar-refractivity contribution in [1.29, 1.82) is 0 Å². The lowest BCUT2D eigenvalue weighted by Gasteiger charge is -2.33. The maximum Gasteiger partial charge on any atom is 0.0710 e. The van der Waals surface area contributed by atoms with Gasteiger partial charge in [0.25, 0.3) is 0 Å². The summed E-state index contributed by atoms with van der Waals surface area (Å²) in [7, 11) is 0. The molecule has 0 aliphatic heterocycles. The van der Waals surface area contributed by atoms with Crippen molar-refractivity contribution in [3.63, 3.8) is 0 Å². The second-order valence-electron chi connectivity index (χ2n) is 5.98. The third-order valence-corrected chi connectivity index (χ3v) is 4.84. The van der Waals surface area contributed by atoms with Crippen molar-refractivity contribution in [2.75, 3.05) is 0 Å². The van der Waals surface area contributed by atoms with Crippen LogP contribution in [0.15, 0.2) is 30.6 Å². The first kappa shape index (κ1) is 13.6. The van der Waals surface area contributed by atoms with E-state index in [0.717, 1.165) is 11.4 Å². The number of nitrogens with one attached hydrogen (secondary N) is 1. The van der Waals surface area contributed by atoms with E-state index < -0.39 is 0 Å². The fourth-order valence-corrected chi connectivity index (χ4v) is 3.68. The van der Waals surface area contributed by atoms with Gasteiger partial charge in [0.15, 0.2) is 0 Å². The SMILES string of the molecule is CCC1CCCC(C(NN)c2cnn3ccccc23)C1. The number of hydrogen-bond acceptors (Lipinski definition) is 3. The van der Waals surface area contributed by atoms with Gasteiger partial charge in [-0.2, -0.15) is 5.10 Å². The second-order valence-corrected chi connectivity index (χ2v) is 5.98. The van der Waals surface area contributed by atoms with Gasteiger partial charge in [-0.05, 0) is 36.8 Å². The summed E-state index contributed by atoms with van der Waals surface area (Å²) < 4.78 is 1.93. The first-order chi connectivity index (χ1) is 9.83. The quantitative estimate of drug-likeness (QED) is 0.664. The highest BCUT2D eigenvalue weighted by atomic mass is 15.3. The molecular weight excluding hydrogens is 248 g/mol. The Morgan fingerprint density at radius 2 is 2.35 bits per heavy atom. The van der Waals surface area contributed by atoms with Crippen LogP contribution in [-0.4, -0.2) is 9.61 Å². The summed E-state index contributed by atoms with van der Waals surface area (Å²) in [5, 5.41) is 4.44. The number of pyridine rings is 1. The van der Waals surface area contributed by atoms with Crippen molar-refractivity contribution in [2.24, 2.45) is 17.7 Å². The molecule has 1 fully saturated rings. The number of hydrazine groups is 1. The lowest BCUT2D eigenvalue weighted by Crippen LogP contribution is -2.35. The van der Waals surface area contributed by atoms with E-state index >= 15 is 0 Å². The van der Waals surface area contributed by atoms with E-state index in [0.29, 0.717) is 5.92 Å². The van der Waals surface area contributed by atoms with Gasteiger partial charge in [-0.3, -0.25) is 11.3 Å². The third kappa shape index (κ3) is 2.45. The Hall–Kier alpha value is -1.39. The van der Waals surface area contributed by atoms with Crippen LogP contribution < -0.4 is 11.3 Å². The third-order valence-electron chi connectivity index (χ3n) is 4.84. The van der Waals surface area contributed by atoms with E-state index in [2.05, 4.69) is 29.6 Å². The van der Waals surface area contributed by atoms with Crippen LogP contribution in [-0.2, 0) is 0 Å². The average molecular weight is 272 g/mol. The Labute approximate surface area is 120 Å². The number of nitrogens with two attached hydrogens (primary N) is 1. The molecule has 3 unspecified atom stereocenters. The summed E-state index contributed by atoms with van der Waals surface area (Å²) >= 11 is 0. The van der Waals surface area contributed by atoms with Gasteiger partial charge in [0.2, 0.25) is 0 Å². The van der Waals surface area contributed by atoms with Crippen LogP contribution in [0.25, 0.3) is 5.52 Å². The van der Waals surface area contributed by atoms with Gasteiger partial charge in [0.05, 0.1) is 17.8 Å². The Morgan fingerprint density at radius 3 is 3.15 bits per heavy atom. The zero-order valence-corrected chi connectivity index (χ0v) is 12.1. The van der Waals surface area contributed by atoms with E-state index in [4.69, 9.17) is 5.84 Å². The van der Waals surface area contributed by atoms with Crippen molar-refractivity contribution in [2.45, 2.75) is 45.1 Å². The molecule has 0 bridgehead atoms. The Balaban J connectivity index is 1.89. The first-order valence-corrected chi connectivity index (χ1v) is 7.72. The minimum absolute atomic E-state index is 0.212. The molecule has 3 N–H and O–H groups in total. The van der Waals surface area contributed by atoms with Gasteiger partial charge in [-0.15, -0.1) is 0 Å². The number of hydrogen-bond donors (Lipinski definition) is 2. The zero-order chi connectivity index (χ0) is 13.9. The molecule has 0 spiro atoms. The second kappa shape index (κ2) is 5.94. The van der Waals surface area contributed by atoms with E-state index in [9.17, 15) is 0 Å². The van der Waals surface area contributed by atoms with Gasteiger partial charge in [0.1, 0.15) is 0 Å². The van der Waals surface area contributed by atoms with Crippen molar-refractivity contribution in [3.05, 3.63) is 36.2 Å². The van der Waals surface area contributed by atoms with Crippen molar-refractivity contribution in [1.82, 2.24) is 15.0 Å². The number of nitrogens with zero attached hydrogens (tertiary/aromatic N) is 2. The molecule has 4 heteroatoms. The highest BCUT2D eigenvalue weighted by Crippen LogP contribution is 2.39. The molecular formula is C16H24N4. The Morgan fingerprint density at radius 1 is 1.45 bits per heavy atom. The zero-order valence-electron chi connectivity index (χ0n) is 12.1. The number of rotatable bonds is 4. The fraction of sp³-hybridized carbons (Fsp3) is 0.562. The molecule has 3 atom stereocenters. The summed E-state index contributed by atoms with van der Waals surface area (Å²) in [5.41, 5.74) is 5.45. The van der Waals surface area contributed by atoms with Crippen LogP contribution >= 0.6 is 0 Å². The molecule has 4 nitrogen and oxygen atoms in total. The monoisotopic (exact) mass is 272 g/mol. The molecule has 108 valence electrons. The topological polar surface area (TPSA) is 55.3 Å². The Bertz CT molecular complexity index is 562. The van der Waals surface area contributed by atoms with E-state index in [1.54, 1.807) is 0 Å². The lowest BCUT2D eigenvalue weighted by atomic mass is 9.75. The minimum Gasteiger partial charge on any atom is -0.271 e. The van der Waals surface area contributed by atoms with Crippen LogP contribution in [0, 0.1) is 11.8 Å². The van der Waals surface area contributed by atoms with Gasteiger partial charge >= 0.3 is 0 Å².